The van der Waals surface area contributed by atoms with Crippen molar-refractivity contribution < 1.29 is 14.0 Å². The molecule has 24 heavy (non-hydrogen) atoms. The fraction of sp³-hybridized carbons (Fsp3) is 0.176. The van der Waals surface area contributed by atoms with E-state index < -0.39 is 5.91 Å². The molecule has 2 N–H and O–H groups in total. The van der Waals surface area contributed by atoms with Crippen molar-refractivity contribution in [1.82, 2.24) is 5.32 Å². The number of carbonyl (C=O) groups is 2. The lowest BCUT2D eigenvalue weighted by molar-refractivity contribution is -0.124. The molecule has 0 heterocycles. The number of aryl methyl sites for hydroxylation is 1. The molecule has 126 valence electrons. The summed E-state index contributed by atoms with van der Waals surface area (Å²) in [6.45, 7) is -0.176. The molecule has 0 spiro atoms. The van der Waals surface area contributed by atoms with Gasteiger partial charge in [-0.2, -0.15) is 0 Å². The van der Waals surface area contributed by atoms with Gasteiger partial charge in [0.1, 0.15) is 5.82 Å². The zero-order chi connectivity index (χ0) is 17.5. The first-order valence-electron chi connectivity index (χ1n) is 7.20. The second kappa shape index (κ2) is 8.66. The van der Waals surface area contributed by atoms with Crippen LogP contribution in [0.3, 0.4) is 0 Å². The van der Waals surface area contributed by atoms with Gasteiger partial charge in [0.05, 0.1) is 17.3 Å². The maximum absolute atomic E-state index is 12.8. The summed E-state index contributed by atoms with van der Waals surface area (Å²) >= 11 is 11.8. The summed E-state index contributed by atoms with van der Waals surface area (Å²) in [5.41, 5.74) is 1.23. The lowest BCUT2D eigenvalue weighted by Crippen LogP contribution is -2.33. The van der Waals surface area contributed by atoms with E-state index in [1.807, 2.05) is 0 Å². The Morgan fingerprint density at radius 1 is 1.00 bits per heavy atom. The van der Waals surface area contributed by atoms with E-state index in [9.17, 15) is 14.0 Å². The molecule has 7 heteroatoms. The van der Waals surface area contributed by atoms with Gasteiger partial charge < -0.3 is 10.6 Å². The summed E-state index contributed by atoms with van der Waals surface area (Å²) in [6.07, 6.45) is 0.671. The molecule has 0 bridgehead atoms. The molecule has 2 aromatic rings. The quantitative estimate of drug-likeness (QED) is 0.813. The van der Waals surface area contributed by atoms with Crippen molar-refractivity contribution in [3.63, 3.8) is 0 Å². The Labute approximate surface area is 149 Å². The number of anilines is 1. The van der Waals surface area contributed by atoms with Gasteiger partial charge in [-0.05, 0) is 42.3 Å². The number of halogens is 3. The van der Waals surface area contributed by atoms with Crippen molar-refractivity contribution in [1.29, 1.82) is 0 Å². The van der Waals surface area contributed by atoms with Gasteiger partial charge in [0, 0.05) is 11.4 Å². The molecule has 4 nitrogen and oxygen atoms in total. The Bertz CT molecular complexity index is 736. The zero-order valence-electron chi connectivity index (χ0n) is 12.6. The van der Waals surface area contributed by atoms with Crippen molar-refractivity contribution in [3.05, 3.63) is 63.9 Å². The first-order chi connectivity index (χ1) is 11.4. The molecule has 2 rings (SSSR count). The highest BCUT2D eigenvalue weighted by Gasteiger charge is 2.09. The minimum absolute atomic E-state index is 0.176. The van der Waals surface area contributed by atoms with Crippen LogP contribution in [0, 0.1) is 5.82 Å². The van der Waals surface area contributed by atoms with Gasteiger partial charge >= 0.3 is 0 Å². The van der Waals surface area contributed by atoms with E-state index in [0.717, 1.165) is 5.56 Å². The van der Waals surface area contributed by atoms with Gasteiger partial charge in [-0.1, -0.05) is 35.3 Å². The minimum atomic E-state index is -0.408. The maximum atomic E-state index is 12.8. The van der Waals surface area contributed by atoms with Crippen LogP contribution in [-0.2, 0) is 16.0 Å². The van der Waals surface area contributed by atoms with Crippen LogP contribution in [0.5, 0.6) is 0 Å². The van der Waals surface area contributed by atoms with Gasteiger partial charge in [-0.3, -0.25) is 9.59 Å². The Balaban J connectivity index is 1.75. The van der Waals surface area contributed by atoms with Crippen LogP contribution in [0.4, 0.5) is 10.1 Å². The van der Waals surface area contributed by atoms with Gasteiger partial charge in [-0.25, -0.2) is 4.39 Å². The van der Waals surface area contributed by atoms with Crippen molar-refractivity contribution in [2.24, 2.45) is 0 Å². The lowest BCUT2D eigenvalue weighted by atomic mass is 10.1. The first-order valence-corrected chi connectivity index (χ1v) is 7.95. The van der Waals surface area contributed by atoms with Crippen molar-refractivity contribution in [2.45, 2.75) is 12.8 Å². The topological polar surface area (TPSA) is 58.2 Å². The van der Waals surface area contributed by atoms with E-state index in [-0.39, 0.29) is 24.7 Å². The van der Waals surface area contributed by atoms with Crippen LogP contribution >= 0.6 is 23.2 Å². The summed E-state index contributed by atoms with van der Waals surface area (Å²) in [7, 11) is 0. The van der Waals surface area contributed by atoms with E-state index in [1.165, 1.54) is 18.2 Å². The normalized spacial score (nSPS) is 10.3. The van der Waals surface area contributed by atoms with E-state index in [2.05, 4.69) is 10.6 Å². The van der Waals surface area contributed by atoms with Gasteiger partial charge in [0.2, 0.25) is 11.8 Å². The SMILES string of the molecule is O=C(CCc1ccc(F)cc1)NCC(=O)Nc1cc(Cl)ccc1Cl. The van der Waals surface area contributed by atoms with E-state index in [4.69, 9.17) is 23.2 Å². The monoisotopic (exact) mass is 368 g/mol. The number of amides is 2. The van der Waals surface area contributed by atoms with Crippen LogP contribution in [0.1, 0.15) is 12.0 Å². The van der Waals surface area contributed by atoms with Crippen LogP contribution in [0.25, 0.3) is 0 Å². The van der Waals surface area contributed by atoms with Crippen molar-refractivity contribution in [3.8, 4) is 0 Å². The number of carbonyl (C=O) groups excluding carboxylic acids is 2. The Morgan fingerprint density at radius 2 is 1.71 bits per heavy atom. The Kier molecular flexibility index (Phi) is 6.58. The van der Waals surface area contributed by atoms with Gasteiger partial charge in [0.25, 0.3) is 0 Å². The molecule has 0 aromatic heterocycles. The van der Waals surface area contributed by atoms with Crippen LogP contribution in [0.15, 0.2) is 42.5 Å². The summed E-state index contributed by atoms with van der Waals surface area (Å²) in [5.74, 6) is -1.000. The standard InChI is InChI=1S/C17H15Cl2FN2O2/c18-12-4-7-14(19)15(9-12)22-17(24)10-21-16(23)8-3-11-1-5-13(20)6-2-11/h1-2,4-7,9H,3,8,10H2,(H,21,23)(H,22,24). The average Bonchev–Trinajstić information content (AvgIpc) is 2.56. The molecular formula is C17H15Cl2FN2O2. The molecular weight excluding hydrogens is 354 g/mol. The third-order valence-electron chi connectivity index (χ3n) is 3.20. The minimum Gasteiger partial charge on any atom is -0.347 e. The lowest BCUT2D eigenvalue weighted by Gasteiger charge is -2.09. The predicted molar refractivity (Wildman–Crippen MR) is 92.8 cm³/mol. The summed E-state index contributed by atoms with van der Waals surface area (Å²) in [6, 6.07) is 10.6. The fourth-order valence-electron chi connectivity index (χ4n) is 1.96. The van der Waals surface area contributed by atoms with E-state index in [0.29, 0.717) is 22.2 Å². The van der Waals surface area contributed by atoms with Crippen molar-refractivity contribution in [2.75, 3.05) is 11.9 Å². The number of hydrogen-bond donors (Lipinski definition) is 2. The molecule has 0 radical (unpaired) electrons. The average molecular weight is 369 g/mol. The van der Waals surface area contributed by atoms with Crippen molar-refractivity contribution >= 4 is 40.7 Å². The number of nitrogens with one attached hydrogen (secondary N) is 2. The van der Waals surface area contributed by atoms with Crippen LogP contribution in [0.2, 0.25) is 10.0 Å². The van der Waals surface area contributed by atoms with E-state index in [1.54, 1.807) is 24.3 Å². The fourth-order valence-corrected chi connectivity index (χ4v) is 2.30. The summed E-state index contributed by atoms with van der Waals surface area (Å²) in [5, 5.41) is 5.89. The number of benzene rings is 2. The predicted octanol–water partition coefficient (Wildman–Crippen LogP) is 3.82. The molecule has 0 saturated carbocycles. The largest absolute Gasteiger partial charge is 0.347 e. The molecule has 0 unspecified atom stereocenters. The van der Waals surface area contributed by atoms with Gasteiger partial charge in [0.15, 0.2) is 0 Å². The molecule has 0 aliphatic carbocycles. The Hall–Kier alpha value is -2.11. The number of rotatable bonds is 6. The third kappa shape index (κ3) is 5.83. The highest BCUT2D eigenvalue weighted by molar-refractivity contribution is 6.35. The molecule has 2 aromatic carbocycles. The zero-order valence-corrected chi connectivity index (χ0v) is 14.1. The highest BCUT2D eigenvalue weighted by atomic mass is 35.5. The summed E-state index contributed by atoms with van der Waals surface area (Å²) < 4.78 is 12.8. The maximum Gasteiger partial charge on any atom is 0.243 e. The highest BCUT2D eigenvalue weighted by Crippen LogP contribution is 2.25. The molecule has 2 amide bonds. The van der Waals surface area contributed by atoms with E-state index >= 15 is 0 Å². The third-order valence-corrected chi connectivity index (χ3v) is 3.77. The Morgan fingerprint density at radius 3 is 2.42 bits per heavy atom. The second-order valence-corrected chi connectivity index (χ2v) is 5.92. The molecule has 0 atom stereocenters. The van der Waals surface area contributed by atoms with Gasteiger partial charge in [-0.15, -0.1) is 0 Å². The molecule has 0 aliphatic heterocycles. The second-order valence-electron chi connectivity index (χ2n) is 5.08. The molecule has 0 aliphatic rings. The van der Waals surface area contributed by atoms with Crippen LogP contribution < -0.4 is 10.6 Å². The molecule has 0 fully saturated rings. The van der Waals surface area contributed by atoms with Crippen LogP contribution in [-0.4, -0.2) is 18.4 Å². The summed E-state index contributed by atoms with van der Waals surface area (Å²) in [4.78, 5) is 23.6. The first kappa shape index (κ1) is 18.2. The number of hydrogen-bond acceptors (Lipinski definition) is 2. The smallest absolute Gasteiger partial charge is 0.243 e. The molecule has 0 saturated heterocycles.